The maximum Gasteiger partial charge on any atom is 0.270 e. The van der Waals surface area contributed by atoms with Crippen LogP contribution in [0.2, 0.25) is 0 Å². The number of aromatic nitrogens is 2. The van der Waals surface area contributed by atoms with E-state index in [1.165, 1.54) is 12.1 Å². The first-order valence-corrected chi connectivity index (χ1v) is 7.64. The summed E-state index contributed by atoms with van der Waals surface area (Å²) in [5, 5.41) is 27.8. The number of nitro benzene ring substituents is 1. The van der Waals surface area contributed by atoms with Gasteiger partial charge in [0.1, 0.15) is 11.6 Å². The standard InChI is InChI=1S/C17H15N5O3/c1-10-14(11(2)25-21-10)5-6-19-17-7-12(9-18)15-8-13(22(23)24)3-4-16(15)20-17/h3-4,7-8H,5-6H2,1-2H3,(H,19,20). The third kappa shape index (κ3) is 3.26. The highest BCUT2D eigenvalue weighted by atomic mass is 16.6. The number of nitriles is 1. The molecule has 0 bridgehead atoms. The van der Waals surface area contributed by atoms with Crippen LogP contribution >= 0.6 is 0 Å². The van der Waals surface area contributed by atoms with Gasteiger partial charge in [-0.15, -0.1) is 0 Å². The van der Waals surface area contributed by atoms with Crippen LogP contribution in [0.3, 0.4) is 0 Å². The molecule has 0 fully saturated rings. The van der Waals surface area contributed by atoms with E-state index in [0.717, 1.165) is 17.0 Å². The zero-order valence-electron chi connectivity index (χ0n) is 13.7. The van der Waals surface area contributed by atoms with Gasteiger partial charge >= 0.3 is 0 Å². The van der Waals surface area contributed by atoms with Crippen LogP contribution in [0.1, 0.15) is 22.6 Å². The molecule has 25 heavy (non-hydrogen) atoms. The number of nitrogens with one attached hydrogen (secondary N) is 1. The highest BCUT2D eigenvalue weighted by Gasteiger charge is 2.12. The number of aryl methyl sites for hydroxylation is 2. The molecule has 0 aliphatic heterocycles. The molecule has 1 N–H and O–H groups in total. The Morgan fingerprint density at radius 3 is 2.80 bits per heavy atom. The van der Waals surface area contributed by atoms with Gasteiger partial charge in [-0.3, -0.25) is 10.1 Å². The molecule has 0 radical (unpaired) electrons. The van der Waals surface area contributed by atoms with Crippen molar-refractivity contribution in [2.45, 2.75) is 20.3 Å². The van der Waals surface area contributed by atoms with E-state index in [2.05, 4.69) is 21.5 Å². The molecule has 3 aromatic rings. The van der Waals surface area contributed by atoms with E-state index in [1.54, 1.807) is 12.1 Å². The second-order valence-corrected chi connectivity index (χ2v) is 5.60. The molecule has 0 aliphatic rings. The van der Waals surface area contributed by atoms with Crippen molar-refractivity contribution in [3.05, 3.63) is 57.0 Å². The van der Waals surface area contributed by atoms with Crippen molar-refractivity contribution in [2.24, 2.45) is 0 Å². The fraction of sp³-hybridized carbons (Fsp3) is 0.235. The van der Waals surface area contributed by atoms with Gasteiger partial charge in [0.05, 0.1) is 27.8 Å². The monoisotopic (exact) mass is 337 g/mol. The lowest BCUT2D eigenvalue weighted by Gasteiger charge is -2.08. The Bertz CT molecular complexity index is 984. The summed E-state index contributed by atoms with van der Waals surface area (Å²) in [4.78, 5) is 14.8. The normalized spacial score (nSPS) is 10.6. The highest BCUT2D eigenvalue weighted by molar-refractivity contribution is 5.88. The summed E-state index contributed by atoms with van der Waals surface area (Å²) < 4.78 is 5.13. The number of pyridine rings is 1. The maximum atomic E-state index is 10.9. The van der Waals surface area contributed by atoms with E-state index >= 15 is 0 Å². The summed E-state index contributed by atoms with van der Waals surface area (Å²) in [5.41, 5.74) is 2.71. The smallest absolute Gasteiger partial charge is 0.270 e. The molecule has 3 rings (SSSR count). The predicted molar refractivity (Wildman–Crippen MR) is 91.3 cm³/mol. The second-order valence-electron chi connectivity index (χ2n) is 5.60. The predicted octanol–water partition coefficient (Wildman–Crippen LogP) is 3.27. The number of benzene rings is 1. The van der Waals surface area contributed by atoms with Crippen molar-refractivity contribution < 1.29 is 9.45 Å². The Kier molecular flexibility index (Phi) is 4.31. The minimum absolute atomic E-state index is 0.0649. The van der Waals surface area contributed by atoms with Crippen LogP contribution in [-0.4, -0.2) is 21.6 Å². The van der Waals surface area contributed by atoms with Crippen LogP contribution in [0.15, 0.2) is 28.8 Å². The largest absolute Gasteiger partial charge is 0.370 e. The van der Waals surface area contributed by atoms with E-state index in [1.807, 2.05) is 13.8 Å². The lowest BCUT2D eigenvalue weighted by atomic mass is 10.1. The van der Waals surface area contributed by atoms with E-state index < -0.39 is 4.92 Å². The molecule has 1 aromatic carbocycles. The summed E-state index contributed by atoms with van der Waals surface area (Å²) in [5.74, 6) is 1.33. The summed E-state index contributed by atoms with van der Waals surface area (Å²) in [7, 11) is 0. The first kappa shape index (κ1) is 16.4. The fourth-order valence-corrected chi connectivity index (χ4v) is 2.68. The van der Waals surface area contributed by atoms with Crippen LogP contribution in [0.25, 0.3) is 10.9 Å². The van der Waals surface area contributed by atoms with Crippen molar-refractivity contribution >= 4 is 22.4 Å². The zero-order valence-corrected chi connectivity index (χ0v) is 13.7. The van der Waals surface area contributed by atoms with Gasteiger partial charge in [-0.05, 0) is 32.4 Å². The number of non-ortho nitro benzene ring substituents is 1. The molecule has 0 saturated carbocycles. The van der Waals surface area contributed by atoms with Gasteiger partial charge in [0.25, 0.3) is 5.69 Å². The molecule has 0 atom stereocenters. The minimum atomic E-state index is -0.490. The van der Waals surface area contributed by atoms with Crippen molar-refractivity contribution in [2.75, 3.05) is 11.9 Å². The van der Waals surface area contributed by atoms with Crippen molar-refractivity contribution in [1.29, 1.82) is 5.26 Å². The molecule has 8 nitrogen and oxygen atoms in total. The first-order chi connectivity index (χ1) is 12.0. The van der Waals surface area contributed by atoms with Gasteiger partial charge in [-0.1, -0.05) is 5.16 Å². The van der Waals surface area contributed by atoms with Gasteiger partial charge in [0.2, 0.25) is 0 Å². The topological polar surface area (TPSA) is 118 Å². The van der Waals surface area contributed by atoms with Gasteiger partial charge in [0, 0.05) is 29.6 Å². The van der Waals surface area contributed by atoms with Crippen LogP contribution < -0.4 is 5.32 Å². The molecule has 0 unspecified atom stereocenters. The Morgan fingerprint density at radius 2 is 2.16 bits per heavy atom. The number of nitrogens with zero attached hydrogens (tertiary/aromatic N) is 4. The molecule has 0 amide bonds. The number of nitro groups is 1. The summed E-state index contributed by atoms with van der Waals surface area (Å²) >= 11 is 0. The van der Waals surface area contributed by atoms with Gasteiger partial charge in [-0.2, -0.15) is 5.26 Å². The Morgan fingerprint density at radius 1 is 1.36 bits per heavy atom. The van der Waals surface area contributed by atoms with E-state index in [4.69, 9.17) is 4.52 Å². The van der Waals surface area contributed by atoms with Gasteiger partial charge < -0.3 is 9.84 Å². The summed E-state index contributed by atoms with van der Waals surface area (Å²) in [6, 6.07) is 7.97. The van der Waals surface area contributed by atoms with Crippen LogP contribution in [0.5, 0.6) is 0 Å². The van der Waals surface area contributed by atoms with Crippen molar-refractivity contribution in [3.63, 3.8) is 0 Å². The fourth-order valence-electron chi connectivity index (χ4n) is 2.68. The molecular weight excluding hydrogens is 322 g/mol. The lowest BCUT2D eigenvalue weighted by Crippen LogP contribution is -2.08. The number of anilines is 1. The number of hydrogen-bond donors (Lipinski definition) is 1. The van der Waals surface area contributed by atoms with Crippen LogP contribution in [-0.2, 0) is 6.42 Å². The Balaban J connectivity index is 1.84. The van der Waals surface area contributed by atoms with Crippen molar-refractivity contribution in [3.8, 4) is 6.07 Å². The second kappa shape index (κ2) is 6.57. The molecule has 0 spiro atoms. The van der Waals surface area contributed by atoms with Crippen LogP contribution in [0.4, 0.5) is 11.5 Å². The van der Waals surface area contributed by atoms with Gasteiger partial charge in [0.15, 0.2) is 0 Å². The Labute approximate surface area is 143 Å². The average molecular weight is 337 g/mol. The molecule has 126 valence electrons. The highest BCUT2D eigenvalue weighted by Crippen LogP contribution is 2.25. The number of hydrogen-bond acceptors (Lipinski definition) is 7. The van der Waals surface area contributed by atoms with E-state index in [0.29, 0.717) is 35.2 Å². The molecule has 0 saturated heterocycles. The molecule has 0 aliphatic carbocycles. The van der Waals surface area contributed by atoms with Crippen LogP contribution in [0, 0.1) is 35.3 Å². The zero-order chi connectivity index (χ0) is 18.0. The SMILES string of the molecule is Cc1noc(C)c1CCNc1cc(C#N)c2cc([N+](=O)[O-])ccc2n1. The first-order valence-electron chi connectivity index (χ1n) is 7.64. The number of rotatable bonds is 5. The van der Waals surface area contributed by atoms with Gasteiger partial charge in [-0.25, -0.2) is 4.98 Å². The quantitative estimate of drug-likeness (QED) is 0.560. The third-order valence-electron chi connectivity index (χ3n) is 3.99. The summed E-state index contributed by atoms with van der Waals surface area (Å²) in [6.07, 6.45) is 0.711. The molecule has 2 aromatic heterocycles. The number of fused-ring (bicyclic) bond motifs is 1. The maximum absolute atomic E-state index is 10.9. The van der Waals surface area contributed by atoms with E-state index in [-0.39, 0.29) is 5.69 Å². The third-order valence-corrected chi connectivity index (χ3v) is 3.99. The minimum Gasteiger partial charge on any atom is -0.370 e. The Hall–Kier alpha value is -3.47. The van der Waals surface area contributed by atoms with Crippen molar-refractivity contribution in [1.82, 2.24) is 10.1 Å². The lowest BCUT2D eigenvalue weighted by molar-refractivity contribution is -0.384. The molecular formula is C17H15N5O3. The summed E-state index contributed by atoms with van der Waals surface area (Å²) in [6.45, 7) is 4.35. The van der Waals surface area contributed by atoms with E-state index in [9.17, 15) is 15.4 Å². The average Bonchev–Trinajstić information content (AvgIpc) is 2.92. The molecule has 8 heteroatoms. The molecule has 2 heterocycles.